The molecule has 0 spiro atoms. The van der Waals surface area contributed by atoms with E-state index in [0.29, 0.717) is 39.3 Å². The maximum atomic E-state index is 13.8. The number of carbonyl (C=O) groups excluding carboxylic acids is 4. The zero-order valence-electron chi connectivity index (χ0n) is 34.2. The Morgan fingerprint density at radius 1 is 0.589 bits per heavy atom. The first kappa shape index (κ1) is 44.1. The lowest BCUT2D eigenvalue weighted by Gasteiger charge is -2.36. The molecule has 304 valence electrons. The van der Waals surface area contributed by atoms with Gasteiger partial charge in [0.25, 0.3) is 0 Å². The van der Waals surface area contributed by atoms with Crippen molar-refractivity contribution < 1.29 is 38.1 Å². The standard InChI is InChI=1S/C44H60N4O8/c1-43(2,3)55-41(51)37(21-23-39(49)53-31-33-15-10-8-11-16-33)47-27-25-46(7)26-28-48(30-36-20-14-19-35(29-47)45-36)38(42(52)56-44(4,5)6)22-24-40(50)54-32-34-17-12-9-13-18-34/h8-20,37-38H,21-32H2,1-7H3/t37-,38+. The third-order valence-corrected chi connectivity index (χ3v) is 9.10. The second-order valence-corrected chi connectivity index (χ2v) is 16.3. The molecule has 1 aliphatic heterocycles. The number of benzene rings is 2. The van der Waals surface area contributed by atoms with Crippen LogP contribution in [0.15, 0.2) is 78.9 Å². The number of rotatable bonds is 14. The number of likely N-dealkylation sites (N-methyl/N-ethyl adjacent to an activating group) is 1. The second kappa shape index (κ2) is 21.0. The van der Waals surface area contributed by atoms with Crippen molar-refractivity contribution in [2.24, 2.45) is 0 Å². The first-order valence-electron chi connectivity index (χ1n) is 19.5. The fraction of sp³-hybridized carbons (Fsp3) is 0.523. The quantitative estimate of drug-likeness (QED) is 0.139. The summed E-state index contributed by atoms with van der Waals surface area (Å²) in [5, 5.41) is 0. The molecule has 2 heterocycles. The molecule has 1 aliphatic rings. The molecule has 2 aromatic carbocycles. The average Bonchev–Trinajstić information content (AvgIpc) is 3.13. The van der Waals surface area contributed by atoms with Crippen molar-refractivity contribution in [3.05, 3.63) is 101 Å². The SMILES string of the molecule is CN1CCN([C@H](CCC(=O)OCc2ccccc2)C(=O)OC(C)(C)C)Cc2cccc(n2)CN([C@@H](CCC(=O)OCc2ccccc2)C(=O)OC(C)(C)C)CC1. The van der Waals surface area contributed by atoms with E-state index >= 15 is 0 Å². The zero-order chi connectivity index (χ0) is 40.7. The lowest BCUT2D eigenvalue weighted by atomic mass is 10.1. The molecule has 1 aromatic heterocycles. The molecular weight excluding hydrogens is 713 g/mol. The average molecular weight is 773 g/mol. The number of hydrogen-bond acceptors (Lipinski definition) is 12. The van der Waals surface area contributed by atoms with E-state index in [4.69, 9.17) is 23.9 Å². The first-order valence-corrected chi connectivity index (χ1v) is 19.5. The molecule has 2 bridgehead atoms. The number of ether oxygens (including phenoxy) is 4. The molecule has 0 radical (unpaired) electrons. The van der Waals surface area contributed by atoms with Gasteiger partial charge in [0.05, 0.1) is 11.4 Å². The van der Waals surface area contributed by atoms with E-state index < -0.39 is 47.2 Å². The van der Waals surface area contributed by atoms with E-state index in [0.717, 1.165) is 22.5 Å². The summed E-state index contributed by atoms with van der Waals surface area (Å²) in [5.74, 6) is -1.60. The predicted octanol–water partition coefficient (Wildman–Crippen LogP) is 6.10. The van der Waals surface area contributed by atoms with Crippen LogP contribution in [0.1, 0.15) is 89.7 Å². The highest BCUT2D eigenvalue weighted by Gasteiger charge is 2.34. The number of nitrogens with zero attached hydrogens (tertiary/aromatic N) is 4. The molecule has 2 atom stereocenters. The molecule has 0 N–H and O–H groups in total. The number of carbonyl (C=O) groups is 4. The van der Waals surface area contributed by atoms with Gasteiger partial charge in [-0.3, -0.25) is 34.0 Å². The largest absolute Gasteiger partial charge is 0.461 e. The van der Waals surface area contributed by atoms with Gasteiger partial charge in [0.1, 0.15) is 36.5 Å². The molecule has 0 amide bonds. The zero-order valence-corrected chi connectivity index (χ0v) is 34.2. The minimum Gasteiger partial charge on any atom is -0.461 e. The molecule has 12 heteroatoms. The van der Waals surface area contributed by atoms with Crippen LogP contribution in [-0.4, -0.2) is 100 Å². The fourth-order valence-corrected chi connectivity index (χ4v) is 6.29. The van der Waals surface area contributed by atoms with Gasteiger partial charge in [0.15, 0.2) is 0 Å². The second-order valence-electron chi connectivity index (χ2n) is 16.3. The summed E-state index contributed by atoms with van der Waals surface area (Å²) in [5.41, 5.74) is 1.78. The van der Waals surface area contributed by atoms with Gasteiger partial charge in [-0.2, -0.15) is 0 Å². The van der Waals surface area contributed by atoms with Gasteiger partial charge in [-0.05, 0) is 84.7 Å². The van der Waals surface area contributed by atoms with Gasteiger partial charge in [0.2, 0.25) is 0 Å². The Hall–Kier alpha value is -4.65. The maximum Gasteiger partial charge on any atom is 0.323 e. The Morgan fingerprint density at radius 2 is 0.982 bits per heavy atom. The van der Waals surface area contributed by atoms with Crippen LogP contribution in [0.3, 0.4) is 0 Å². The summed E-state index contributed by atoms with van der Waals surface area (Å²) < 4.78 is 22.9. The molecule has 0 aliphatic carbocycles. The summed E-state index contributed by atoms with van der Waals surface area (Å²) in [7, 11) is 1.99. The topological polar surface area (TPSA) is 128 Å². The lowest BCUT2D eigenvalue weighted by Crippen LogP contribution is -2.49. The van der Waals surface area contributed by atoms with E-state index in [-0.39, 0.29) is 38.9 Å². The van der Waals surface area contributed by atoms with Crippen LogP contribution in [-0.2, 0) is 64.4 Å². The van der Waals surface area contributed by atoms with Crippen molar-refractivity contribution in [2.45, 2.75) is 117 Å². The minimum absolute atomic E-state index is 0.0391. The van der Waals surface area contributed by atoms with Crippen LogP contribution in [0.2, 0.25) is 0 Å². The molecular formula is C44H60N4O8. The van der Waals surface area contributed by atoms with Crippen molar-refractivity contribution in [1.82, 2.24) is 19.7 Å². The highest BCUT2D eigenvalue weighted by molar-refractivity contribution is 5.78. The van der Waals surface area contributed by atoms with E-state index in [9.17, 15) is 19.2 Å². The molecule has 0 saturated heterocycles. The minimum atomic E-state index is -0.727. The number of aromatic nitrogens is 1. The molecule has 3 aromatic rings. The Labute approximate surface area is 332 Å². The molecule has 4 rings (SSSR count). The molecule has 12 nitrogen and oxygen atoms in total. The first-order chi connectivity index (χ1) is 26.5. The summed E-state index contributed by atoms with van der Waals surface area (Å²) in [4.78, 5) is 64.6. The number of pyridine rings is 1. The van der Waals surface area contributed by atoms with Crippen LogP contribution in [0.25, 0.3) is 0 Å². The van der Waals surface area contributed by atoms with Crippen molar-refractivity contribution in [1.29, 1.82) is 0 Å². The van der Waals surface area contributed by atoms with E-state index in [1.807, 2.05) is 137 Å². The summed E-state index contributed by atoms with van der Waals surface area (Å²) in [6.07, 6.45) is 0.505. The fourth-order valence-electron chi connectivity index (χ4n) is 6.29. The van der Waals surface area contributed by atoms with Crippen LogP contribution in [0, 0.1) is 0 Å². The normalized spacial score (nSPS) is 16.1. The van der Waals surface area contributed by atoms with E-state index in [1.54, 1.807) is 0 Å². The third-order valence-electron chi connectivity index (χ3n) is 9.10. The van der Waals surface area contributed by atoms with Crippen LogP contribution < -0.4 is 0 Å². The smallest absolute Gasteiger partial charge is 0.323 e. The van der Waals surface area contributed by atoms with Crippen molar-refractivity contribution >= 4 is 23.9 Å². The molecule has 0 unspecified atom stereocenters. The molecule has 56 heavy (non-hydrogen) atoms. The number of hydrogen-bond donors (Lipinski definition) is 0. The summed E-state index contributed by atoms with van der Waals surface area (Å²) in [6, 6.07) is 23.2. The van der Waals surface area contributed by atoms with Gasteiger partial charge < -0.3 is 23.8 Å². The van der Waals surface area contributed by atoms with Crippen LogP contribution in [0.5, 0.6) is 0 Å². The number of esters is 4. The highest BCUT2D eigenvalue weighted by atomic mass is 16.6. The monoisotopic (exact) mass is 772 g/mol. The van der Waals surface area contributed by atoms with Gasteiger partial charge in [-0.1, -0.05) is 66.7 Å². The van der Waals surface area contributed by atoms with Crippen molar-refractivity contribution in [3.63, 3.8) is 0 Å². The Balaban J connectivity index is 1.54. The lowest BCUT2D eigenvalue weighted by molar-refractivity contribution is -0.163. The van der Waals surface area contributed by atoms with Crippen LogP contribution in [0.4, 0.5) is 0 Å². The van der Waals surface area contributed by atoms with Crippen molar-refractivity contribution in [3.8, 4) is 0 Å². The summed E-state index contributed by atoms with van der Waals surface area (Å²) >= 11 is 0. The summed E-state index contributed by atoms with van der Waals surface area (Å²) in [6.45, 7) is 14.1. The Morgan fingerprint density at radius 3 is 1.36 bits per heavy atom. The predicted molar refractivity (Wildman–Crippen MR) is 213 cm³/mol. The van der Waals surface area contributed by atoms with Gasteiger partial charge >= 0.3 is 23.9 Å². The van der Waals surface area contributed by atoms with Gasteiger partial charge in [0, 0.05) is 52.1 Å². The van der Waals surface area contributed by atoms with E-state index in [1.165, 1.54) is 0 Å². The Bertz CT molecular complexity index is 1590. The van der Waals surface area contributed by atoms with E-state index in [2.05, 4.69) is 4.90 Å². The van der Waals surface area contributed by atoms with Crippen LogP contribution >= 0.6 is 0 Å². The number of fused-ring (bicyclic) bond motifs is 2. The maximum absolute atomic E-state index is 13.8. The molecule has 0 fully saturated rings. The Kier molecular flexibility index (Phi) is 16.6. The van der Waals surface area contributed by atoms with Gasteiger partial charge in [-0.25, -0.2) is 0 Å². The molecule has 0 saturated carbocycles. The highest BCUT2D eigenvalue weighted by Crippen LogP contribution is 2.22. The van der Waals surface area contributed by atoms with Gasteiger partial charge in [-0.15, -0.1) is 0 Å². The van der Waals surface area contributed by atoms with Crippen molar-refractivity contribution in [2.75, 3.05) is 33.2 Å². The third kappa shape index (κ3) is 15.8.